The number of ether oxygens (including phenoxy) is 2. The molecule has 0 saturated heterocycles. The van der Waals surface area contributed by atoms with E-state index in [9.17, 15) is 9.59 Å². The number of esters is 2. The zero-order valence-corrected chi connectivity index (χ0v) is 11.6. The summed E-state index contributed by atoms with van der Waals surface area (Å²) in [6.45, 7) is 8.65. The van der Waals surface area contributed by atoms with Crippen LogP contribution in [0.2, 0.25) is 0 Å². The molecule has 0 heterocycles. The number of benzene rings is 1. The number of hydrogen-bond donors (Lipinski definition) is 0. The van der Waals surface area contributed by atoms with Crippen molar-refractivity contribution in [3.63, 3.8) is 0 Å². The normalized spacial score (nSPS) is 10.1. The zero-order valence-electron chi connectivity index (χ0n) is 11.6. The van der Waals surface area contributed by atoms with Crippen LogP contribution in [0.15, 0.2) is 0 Å². The van der Waals surface area contributed by atoms with E-state index in [2.05, 4.69) is 0 Å². The Morgan fingerprint density at radius 3 is 1.67 bits per heavy atom. The Bertz CT molecular complexity index is 486. The summed E-state index contributed by atoms with van der Waals surface area (Å²) >= 11 is 0. The van der Waals surface area contributed by atoms with Gasteiger partial charge in [0.1, 0.15) is 5.75 Å². The van der Waals surface area contributed by atoms with E-state index in [-0.39, 0.29) is 11.9 Å². The first-order valence-electron chi connectivity index (χ1n) is 5.68. The van der Waals surface area contributed by atoms with Crippen LogP contribution in [0, 0.1) is 27.7 Å². The van der Waals surface area contributed by atoms with Crippen molar-refractivity contribution in [2.45, 2.75) is 34.6 Å². The van der Waals surface area contributed by atoms with E-state index in [0.29, 0.717) is 11.3 Å². The Kier molecular flexibility index (Phi) is 4.11. The predicted molar refractivity (Wildman–Crippen MR) is 68.0 cm³/mol. The number of rotatable bonds is 2. The molecule has 0 atom stereocenters. The molecule has 4 heteroatoms. The van der Waals surface area contributed by atoms with Gasteiger partial charge in [-0.05, 0) is 49.9 Å². The van der Waals surface area contributed by atoms with Crippen LogP contribution in [-0.4, -0.2) is 19.0 Å². The van der Waals surface area contributed by atoms with Crippen LogP contribution in [0.4, 0.5) is 0 Å². The predicted octanol–water partition coefficient (Wildman–Crippen LogP) is 2.63. The quantitative estimate of drug-likeness (QED) is 0.598. The van der Waals surface area contributed by atoms with Crippen LogP contribution < -0.4 is 4.74 Å². The number of carbonyl (C=O) groups is 2. The van der Waals surface area contributed by atoms with Crippen molar-refractivity contribution in [3.05, 3.63) is 27.8 Å². The summed E-state index contributed by atoms with van der Waals surface area (Å²) in [5.74, 6) is -0.207. The molecule has 4 nitrogen and oxygen atoms in total. The highest BCUT2D eigenvalue weighted by Crippen LogP contribution is 2.33. The second kappa shape index (κ2) is 5.21. The van der Waals surface area contributed by atoms with Crippen molar-refractivity contribution >= 4 is 11.9 Å². The van der Waals surface area contributed by atoms with Crippen LogP contribution in [0.25, 0.3) is 0 Å². The maximum atomic E-state index is 11.8. The number of hydrogen-bond acceptors (Lipinski definition) is 4. The van der Waals surface area contributed by atoms with E-state index in [0.717, 1.165) is 22.3 Å². The average molecular weight is 250 g/mol. The van der Waals surface area contributed by atoms with Crippen molar-refractivity contribution < 1.29 is 19.1 Å². The Morgan fingerprint density at radius 2 is 1.33 bits per heavy atom. The average Bonchev–Trinajstić information content (AvgIpc) is 2.31. The van der Waals surface area contributed by atoms with Crippen LogP contribution in [0.1, 0.15) is 39.5 Å². The minimum Gasteiger partial charge on any atom is -0.465 e. The van der Waals surface area contributed by atoms with Crippen molar-refractivity contribution in [1.82, 2.24) is 0 Å². The van der Waals surface area contributed by atoms with E-state index in [1.54, 1.807) is 0 Å². The summed E-state index contributed by atoms with van der Waals surface area (Å²) in [6, 6.07) is 0. The molecule has 0 aliphatic heterocycles. The highest BCUT2D eigenvalue weighted by Gasteiger charge is 2.21. The Balaban J connectivity index is 3.55. The first-order valence-corrected chi connectivity index (χ1v) is 5.68. The van der Waals surface area contributed by atoms with Gasteiger partial charge in [-0.2, -0.15) is 0 Å². The molecule has 1 aromatic rings. The van der Waals surface area contributed by atoms with Gasteiger partial charge in [0, 0.05) is 6.92 Å². The maximum absolute atomic E-state index is 11.8. The first kappa shape index (κ1) is 14.2. The molecule has 0 radical (unpaired) electrons. The molecule has 18 heavy (non-hydrogen) atoms. The van der Waals surface area contributed by atoms with E-state index >= 15 is 0 Å². The molecule has 0 bridgehead atoms. The van der Waals surface area contributed by atoms with Gasteiger partial charge < -0.3 is 9.47 Å². The summed E-state index contributed by atoms with van der Waals surface area (Å²) < 4.78 is 10.00. The molecule has 1 rings (SSSR count). The largest absolute Gasteiger partial charge is 0.465 e. The van der Waals surface area contributed by atoms with Gasteiger partial charge in [0.05, 0.1) is 12.7 Å². The van der Waals surface area contributed by atoms with Gasteiger partial charge >= 0.3 is 11.9 Å². The lowest BCUT2D eigenvalue weighted by atomic mass is 9.93. The van der Waals surface area contributed by atoms with Gasteiger partial charge in [0.25, 0.3) is 0 Å². The second-order valence-corrected chi connectivity index (χ2v) is 4.29. The summed E-state index contributed by atoms with van der Waals surface area (Å²) in [4.78, 5) is 22.9. The lowest BCUT2D eigenvalue weighted by molar-refractivity contribution is -0.131. The van der Waals surface area contributed by atoms with E-state index < -0.39 is 0 Å². The maximum Gasteiger partial charge on any atom is 0.338 e. The molecular formula is C14H18O4. The molecule has 98 valence electrons. The molecule has 0 unspecified atom stereocenters. The molecular weight excluding hydrogens is 232 g/mol. The van der Waals surface area contributed by atoms with Crippen molar-refractivity contribution in [2.75, 3.05) is 7.11 Å². The lowest BCUT2D eigenvalue weighted by Crippen LogP contribution is -2.13. The molecule has 0 N–H and O–H groups in total. The lowest BCUT2D eigenvalue weighted by Gasteiger charge is -2.18. The molecule has 1 aromatic carbocycles. The molecule has 0 fully saturated rings. The van der Waals surface area contributed by atoms with Crippen LogP contribution in [-0.2, 0) is 9.53 Å². The van der Waals surface area contributed by atoms with Crippen molar-refractivity contribution in [1.29, 1.82) is 0 Å². The van der Waals surface area contributed by atoms with Gasteiger partial charge in [0.2, 0.25) is 0 Å². The highest BCUT2D eigenvalue weighted by molar-refractivity contribution is 5.94. The van der Waals surface area contributed by atoms with E-state index in [1.807, 2.05) is 27.7 Å². The molecule has 0 amide bonds. The summed E-state index contributed by atoms with van der Waals surface area (Å²) in [5.41, 5.74) is 3.67. The monoisotopic (exact) mass is 250 g/mol. The Morgan fingerprint density at radius 1 is 0.889 bits per heavy atom. The van der Waals surface area contributed by atoms with Gasteiger partial charge in [-0.3, -0.25) is 4.79 Å². The van der Waals surface area contributed by atoms with Crippen LogP contribution in [0.5, 0.6) is 5.75 Å². The summed E-state index contributed by atoms with van der Waals surface area (Å²) in [7, 11) is 1.35. The fourth-order valence-corrected chi connectivity index (χ4v) is 1.98. The molecule has 0 saturated carbocycles. The molecule has 0 spiro atoms. The van der Waals surface area contributed by atoms with Gasteiger partial charge in [-0.25, -0.2) is 4.79 Å². The minimum absolute atomic E-state index is 0.370. The van der Waals surface area contributed by atoms with Crippen LogP contribution >= 0.6 is 0 Å². The third-order valence-electron chi connectivity index (χ3n) is 3.19. The zero-order chi connectivity index (χ0) is 14.0. The number of methoxy groups -OCH3 is 1. The Labute approximate surface area is 107 Å². The molecule has 0 aliphatic carbocycles. The standard InChI is InChI=1S/C14H18O4/c1-7-9(3)13(18-11(5)15)10(4)8(2)12(7)14(16)17-6/h1-6H3. The van der Waals surface area contributed by atoms with Crippen LogP contribution in [0.3, 0.4) is 0 Å². The van der Waals surface area contributed by atoms with Gasteiger partial charge in [0.15, 0.2) is 0 Å². The van der Waals surface area contributed by atoms with E-state index in [4.69, 9.17) is 9.47 Å². The molecule has 0 aromatic heterocycles. The topological polar surface area (TPSA) is 52.6 Å². The first-order chi connectivity index (χ1) is 8.31. The fourth-order valence-electron chi connectivity index (χ4n) is 1.98. The SMILES string of the molecule is COC(=O)c1c(C)c(C)c(OC(C)=O)c(C)c1C. The fraction of sp³-hybridized carbons (Fsp3) is 0.429. The molecule has 0 aliphatic rings. The number of carbonyl (C=O) groups excluding carboxylic acids is 2. The summed E-state index contributed by atoms with van der Waals surface area (Å²) in [5, 5.41) is 0. The van der Waals surface area contributed by atoms with E-state index in [1.165, 1.54) is 14.0 Å². The minimum atomic E-state index is -0.370. The summed E-state index contributed by atoms with van der Waals surface area (Å²) in [6.07, 6.45) is 0. The third-order valence-corrected chi connectivity index (χ3v) is 3.19. The highest BCUT2D eigenvalue weighted by atomic mass is 16.5. The van der Waals surface area contributed by atoms with Crippen molar-refractivity contribution in [3.8, 4) is 5.75 Å². The smallest absolute Gasteiger partial charge is 0.338 e. The van der Waals surface area contributed by atoms with Gasteiger partial charge in [-0.1, -0.05) is 0 Å². The second-order valence-electron chi connectivity index (χ2n) is 4.29. The van der Waals surface area contributed by atoms with Crippen molar-refractivity contribution in [2.24, 2.45) is 0 Å². The Hall–Kier alpha value is -1.84. The van der Waals surface area contributed by atoms with Gasteiger partial charge in [-0.15, -0.1) is 0 Å². The third kappa shape index (κ3) is 2.37.